The Labute approximate surface area is 761 Å². The van der Waals surface area contributed by atoms with Gasteiger partial charge in [-0.3, -0.25) is 37.7 Å². The Morgan fingerprint density at radius 3 is 1.37 bits per heavy atom. The minimum absolute atomic E-state index is 0. The van der Waals surface area contributed by atoms with E-state index in [2.05, 4.69) is 65.1 Å². The summed E-state index contributed by atoms with van der Waals surface area (Å²) in [4.78, 5) is 95.5. The molecular weight excluding hydrogens is 1760 g/mol. The van der Waals surface area contributed by atoms with E-state index in [1.54, 1.807) is 99.7 Å². The number of hydrogen-bond acceptors (Lipinski definition) is 21. The number of azo groups is 2. The number of aromatic nitrogens is 14. The first kappa shape index (κ1) is 95.9. The summed E-state index contributed by atoms with van der Waals surface area (Å²) in [5.74, 6) is 1.10. The quantitative estimate of drug-likeness (QED) is 0.0322. The summed E-state index contributed by atoms with van der Waals surface area (Å²) in [6, 6.07) is 42.5. The number of sulfone groups is 2. The Balaban J connectivity index is 0.000000208. The molecule has 1 radical (unpaired) electrons. The molecule has 13 aromatic rings. The first-order chi connectivity index (χ1) is 60.3. The molecule has 0 saturated carbocycles. The number of unbranched alkanes of at least 4 members (excludes halogenated alkanes) is 2. The number of nitriles is 1. The smallest absolute Gasteiger partial charge is 0.493 e. The Morgan fingerprint density at radius 2 is 0.883 bits per heavy atom. The number of benzene rings is 6. The van der Waals surface area contributed by atoms with Crippen LogP contribution in [0.1, 0.15) is 160 Å². The third-order valence-electron chi connectivity index (χ3n) is 23.8. The molecule has 2 aliphatic heterocycles. The second-order valence-corrected chi connectivity index (χ2v) is 36.5. The molecule has 9 heterocycles. The zero-order valence-electron chi connectivity index (χ0n) is 74.0. The van der Waals surface area contributed by atoms with Crippen molar-refractivity contribution >= 4 is 92.2 Å². The van der Waals surface area contributed by atoms with E-state index in [4.69, 9.17) is 46.4 Å². The average Bonchev–Trinajstić information content (AvgIpc) is 1.57. The minimum atomic E-state index is -3.88. The molecule has 6 aromatic carbocycles. The van der Waals surface area contributed by atoms with Crippen LogP contribution < -0.4 is 32.2 Å². The maximum absolute atomic E-state index is 14.3. The van der Waals surface area contributed by atoms with Crippen LogP contribution in [0.4, 0.5) is 28.4 Å². The zero-order valence-corrected chi connectivity index (χ0v) is 77.6. The third-order valence-corrected chi connectivity index (χ3v) is 28.5. The van der Waals surface area contributed by atoms with Crippen LogP contribution in [0.15, 0.2) is 183 Å². The molecule has 0 amide bonds. The third kappa shape index (κ3) is 18.1. The van der Waals surface area contributed by atoms with Gasteiger partial charge < -0.3 is 40.1 Å². The van der Waals surface area contributed by atoms with Crippen molar-refractivity contribution in [1.29, 1.82) is 5.26 Å². The van der Waals surface area contributed by atoms with Gasteiger partial charge in [-0.05, 0) is 161 Å². The summed E-state index contributed by atoms with van der Waals surface area (Å²) in [6.45, 7) is 34.2. The van der Waals surface area contributed by atoms with Crippen molar-refractivity contribution in [3.63, 3.8) is 0 Å². The normalized spacial score (nSPS) is 12.7. The largest absolute Gasteiger partial charge is 2.00 e. The fraction of sp³-hybridized carbons (Fsp3) is 0.340. The molecule has 0 spiro atoms. The van der Waals surface area contributed by atoms with Crippen LogP contribution in [-0.2, 0) is 93.3 Å². The molecule has 669 valence electrons. The SMILES string of the molecule is CCC(C)Cc1cccc2c1-c1nc-2nc2[n-]c(nc3nc(nc4[n-]c(n1)c1cccc(CC(C)CC)c41)-c1cccc(S(=O)(=O)C(C)CC)c1-3)c1cccc(S(=O)(=O)C(C)CC)c21.CCCCn1c(O)c(N=Nc2c(C)n(C)n(-c3ccccc3)c2=O)c(C)c(C#N)c1=O.[C-]#[N+]c1c(C)c(N=Nc2c(C)n(C)n(-c3ccccc3)c2=O)c(O)n(CCCC)c1=O.[Cu+2].[Ni]. The second-order valence-electron chi connectivity index (χ2n) is 31.9. The van der Waals surface area contributed by atoms with Crippen molar-refractivity contribution in [3.05, 3.63) is 225 Å². The predicted molar refractivity (Wildman–Crippen MR) is 489 cm³/mol. The summed E-state index contributed by atoms with van der Waals surface area (Å²) in [7, 11) is -4.28. The Bertz CT molecular complexity index is 7110. The summed E-state index contributed by atoms with van der Waals surface area (Å²) in [5.41, 5.74) is 6.70. The molecular formula is C94H100CuN20NiO10S2. The topological polar surface area (TPSA) is 390 Å². The van der Waals surface area contributed by atoms with E-state index in [-0.39, 0.29) is 147 Å². The summed E-state index contributed by atoms with van der Waals surface area (Å²) in [5, 5.41) is 48.2. The number of hydrogen-bond donors (Lipinski definition) is 2. The molecule has 4 atom stereocenters. The summed E-state index contributed by atoms with van der Waals surface area (Å²) >= 11 is 0. The average molecular weight is 1860 g/mol. The van der Waals surface area contributed by atoms with E-state index in [9.17, 15) is 51.5 Å². The Kier molecular flexibility index (Phi) is 30.0. The van der Waals surface area contributed by atoms with E-state index in [0.29, 0.717) is 105 Å². The van der Waals surface area contributed by atoms with Gasteiger partial charge in [-0.1, -0.05) is 178 Å². The van der Waals surface area contributed by atoms with Crippen LogP contribution in [0.5, 0.6) is 11.8 Å². The number of rotatable bonds is 24. The van der Waals surface area contributed by atoms with Crippen molar-refractivity contribution in [3.8, 4) is 74.8 Å². The van der Waals surface area contributed by atoms with Crippen molar-refractivity contribution < 1.29 is 60.6 Å². The van der Waals surface area contributed by atoms with E-state index < -0.39 is 41.3 Å². The molecule has 0 saturated heterocycles. The van der Waals surface area contributed by atoms with Gasteiger partial charge in [0.1, 0.15) is 17.3 Å². The van der Waals surface area contributed by atoms with E-state index in [1.165, 1.54) is 23.2 Å². The van der Waals surface area contributed by atoms with E-state index in [1.807, 2.05) is 107 Å². The maximum atomic E-state index is 14.3. The van der Waals surface area contributed by atoms with Crippen molar-refractivity contribution in [1.82, 2.24) is 67.7 Å². The van der Waals surface area contributed by atoms with Crippen LogP contribution in [0.2, 0.25) is 0 Å². The van der Waals surface area contributed by atoms with Gasteiger partial charge in [-0.15, -0.1) is 20.5 Å². The van der Waals surface area contributed by atoms with Gasteiger partial charge in [-0.25, -0.2) is 41.0 Å². The fourth-order valence-electron chi connectivity index (χ4n) is 15.3. The molecule has 2 aliphatic rings. The number of para-hydroxylation sites is 2. The molecule has 34 heteroatoms. The van der Waals surface area contributed by atoms with Gasteiger partial charge in [0, 0.05) is 99.5 Å². The molecule has 8 bridgehead atoms. The summed E-state index contributed by atoms with van der Waals surface area (Å²) in [6.07, 6.45) is 7.23. The fourth-order valence-corrected chi connectivity index (χ4v) is 18.6. The number of pyridine rings is 2. The van der Waals surface area contributed by atoms with Gasteiger partial charge in [0.15, 0.2) is 36.7 Å². The Morgan fingerprint density at radius 1 is 0.477 bits per heavy atom. The first-order valence-corrected chi connectivity index (χ1v) is 45.4. The Hall–Kier alpha value is -12.7. The van der Waals surface area contributed by atoms with E-state index in [0.717, 1.165) is 80.7 Å². The zero-order chi connectivity index (χ0) is 90.7. The predicted octanol–water partition coefficient (Wildman–Crippen LogP) is 18.6. The monoisotopic (exact) mass is 1850 g/mol. The van der Waals surface area contributed by atoms with Gasteiger partial charge in [-0.2, -0.15) is 5.26 Å². The van der Waals surface area contributed by atoms with Crippen LogP contribution in [-0.4, -0.2) is 95.3 Å². The van der Waals surface area contributed by atoms with Crippen LogP contribution in [0.3, 0.4) is 0 Å². The van der Waals surface area contributed by atoms with E-state index >= 15 is 0 Å². The molecule has 0 fully saturated rings. The molecule has 2 N–H and O–H groups in total. The minimum Gasteiger partial charge on any atom is -0.493 e. The number of fused-ring (bicyclic) bond motifs is 20. The van der Waals surface area contributed by atoms with Crippen molar-refractivity contribution in [2.75, 3.05) is 0 Å². The molecule has 0 aliphatic carbocycles. The molecule has 4 unspecified atom stereocenters. The molecule has 30 nitrogen and oxygen atoms in total. The number of nitrogens with zero attached hydrogens (tertiary/aromatic N) is 20. The summed E-state index contributed by atoms with van der Waals surface area (Å²) < 4.78 is 65.9. The van der Waals surface area contributed by atoms with Crippen molar-refractivity contribution in [2.24, 2.45) is 46.4 Å². The molecule has 15 rings (SSSR count). The van der Waals surface area contributed by atoms with Crippen LogP contribution >= 0.6 is 0 Å². The van der Waals surface area contributed by atoms with Crippen LogP contribution in [0, 0.1) is 57.4 Å². The van der Waals surface area contributed by atoms with Gasteiger partial charge in [0.05, 0.1) is 72.9 Å². The first-order valence-electron chi connectivity index (χ1n) is 42.3. The molecule has 7 aromatic heterocycles. The molecule has 128 heavy (non-hydrogen) atoms. The standard InChI is InChI=1S/C50H52N8O4S2.2C22H24N6O3.Cu.Ni/c1-9-27(5)25-31-17-13-19-33-39(31)48-52-43(33)51-47-40-32(26-28(6)10-2)18-14-20-34(40)44(53-47)55-49-42-36(22-16-24-38(42)64(61,62)30(8)12-4)46(57-49)58-50-41-35(45(54-48)56-50)21-15-23-37(41)63(59,60)29(7)11-3;1-6-7-13-27-20(29)17(23-4)14(2)18(21(27)30)24-25-19-15(3)26(5)28(22(19)31)16-11-9-8-10-12-16;1-5-6-12-27-20(29)17(13-23)14(2)18(21(27)30)24-25-19-15(3)26(4)28(22(19)31)16-10-8-7-9-11-16;;/h13-24,27-30H,9-12,25-26H2,1-8H3;8-12,30H,6-7,13H2,1-3,5H3;7-11,30H,5-6,12H2,1-4H3;;/q-2;;;+2;. The number of aromatic hydroxyl groups is 2. The van der Waals surface area contributed by atoms with Gasteiger partial charge >= 0.3 is 17.1 Å². The maximum Gasteiger partial charge on any atom is 2.00 e. The second kappa shape index (κ2) is 40.1. The van der Waals surface area contributed by atoms with Gasteiger partial charge in [0.25, 0.3) is 27.9 Å². The van der Waals surface area contributed by atoms with Gasteiger partial charge in [0.2, 0.25) is 11.8 Å². The van der Waals surface area contributed by atoms with Crippen molar-refractivity contribution in [2.45, 2.75) is 195 Å². The van der Waals surface area contributed by atoms with Crippen LogP contribution in [0.25, 0.3) is 106 Å².